The lowest BCUT2D eigenvalue weighted by Gasteiger charge is -2.08. The van der Waals surface area contributed by atoms with Crippen molar-refractivity contribution < 1.29 is 4.74 Å². The van der Waals surface area contributed by atoms with E-state index in [4.69, 9.17) is 9.84 Å². The monoisotopic (exact) mass is 360 g/mol. The van der Waals surface area contributed by atoms with Crippen LogP contribution in [0.25, 0.3) is 28.0 Å². The lowest BCUT2D eigenvalue weighted by molar-refractivity contribution is 0.135. The van der Waals surface area contributed by atoms with Gasteiger partial charge in [-0.15, -0.1) is 0 Å². The van der Waals surface area contributed by atoms with E-state index in [1.807, 2.05) is 66.2 Å². The molecule has 6 heteroatoms. The van der Waals surface area contributed by atoms with Gasteiger partial charge in [-0.3, -0.25) is 4.79 Å². The van der Waals surface area contributed by atoms with Crippen LogP contribution in [-0.4, -0.2) is 32.6 Å². The molecule has 136 valence electrons. The molecule has 0 saturated heterocycles. The van der Waals surface area contributed by atoms with Crippen molar-refractivity contribution in [1.29, 1.82) is 0 Å². The van der Waals surface area contributed by atoms with Crippen molar-refractivity contribution in [3.8, 4) is 22.5 Å². The number of nitrogens with zero attached hydrogens (tertiary/aromatic N) is 4. The molecule has 0 bridgehead atoms. The number of benzene rings is 1. The average molecular weight is 360 g/mol. The van der Waals surface area contributed by atoms with Crippen LogP contribution in [0.5, 0.6) is 0 Å². The van der Waals surface area contributed by atoms with Gasteiger partial charge in [-0.1, -0.05) is 36.4 Å². The molecule has 3 heterocycles. The van der Waals surface area contributed by atoms with Crippen LogP contribution in [0.2, 0.25) is 0 Å². The first-order valence-electron chi connectivity index (χ1n) is 8.97. The fraction of sp³-hybridized carbons (Fsp3) is 0.190. The Labute approximate surface area is 156 Å². The van der Waals surface area contributed by atoms with E-state index < -0.39 is 0 Å². The summed E-state index contributed by atoms with van der Waals surface area (Å²) in [6.07, 6.45) is 1.91. The van der Waals surface area contributed by atoms with Gasteiger partial charge in [-0.2, -0.15) is 10.2 Å². The number of hydrogen-bond acceptors (Lipinski definition) is 4. The molecule has 0 fully saturated rings. The van der Waals surface area contributed by atoms with E-state index in [1.54, 1.807) is 12.1 Å². The molecule has 0 saturated carbocycles. The number of aromatic nitrogens is 4. The highest BCUT2D eigenvalue weighted by Crippen LogP contribution is 2.33. The van der Waals surface area contributed by atoms with Crippen molar-refractivity contribution in [3.63, 3.8) is 0 Å². The summed E-state index contributed by atoms with van der Waals surface area (Å²) in [6, 6.07) is 19.2. The highest BCUT2D eigenvalue weighted by atomic mass is 16.5. The Morgan fingerprint density at radius 3 is 2.59 bits per heavy atom. The van der Waals surface area contributed by atoms with Gasteiger partial charge in [0.25, 0.3) is 5.56 Å². The molecule has 0 aliphatic heterocycles. The van der Waals surface area contributed by atoms with E-state index in [9.17, 15) is 4.79 Å². The van der Waals surface area contributed by atoms with Crippen LogP contribution in [0.4, 0.5) is 0 Å². The summed E-state index contributed by atoms with van der Waals surface area (Å²) in [4.78, 5) is 12.2. The number of hydrogen-bond donors (Lipinski definition) is 0. The van der Waals surface area contributed by atoms with Gasteiger partial charge in [-0.25, -0.2) is 9.20 Å². The van der Waals surface area contributed by atoms with Crippen molar-refractivity contribution >= 4 is 5.52 Å². The minimum absolute atomic E-state index is 0.142. The van der Waals surface area contributed by atoms with E-state index >= 15 is 0 Å². The quantitative estimate of drug-likeness (QED) is 0.495. The standard InChI is InChI=1S/C21H20N4O2/c1-2-27-15-14-25-19(26)12-11-17(22-25)20-18-10-6-7-13-24(18)23-21(20)16-8-4-3-5-9-16/h3-13H,2,14-15H2,1H3. The summed E-state index contributed by atoms with van der Waals surface area (Å²) in [5.41, 5.74) is 4.27. The van der Waals surface area contributed by atoms with Crippen LogP contribution in [-0.2, 0) is 11.3 Å². The SMILES string of the molecule is CCOCCn1nc(-c2c(-c3ccccc3)nn3ccccc23)ccc1=O. The molecule has 0 unspecified atom stereocenters. The Hall–Kier alpha value is -3.25. The van der Waals surface area contributed by atoms with Crippen molar-refractivity contribution in [1.82, 2.24) is 19.4 Å². The second kappa shape index (κ2) is 7.55. The molecule has 27 heavy (non-hydrogen) atoms. The van der Waals surface area contributed by atoms with Gasteiger partial charge in [0.05, 0.1) is 29.9 Å². The Morgan fingerprint density at radius 2 is 1.78 bits per heavy atom. The molecule has 0 aliphatic rings. The van der Waals surface area contributed by atoms with Crippen molar-refractivity contribution in [2.75, 3.05) is 13.2 Å². The maximum atomic E-state index is 12.2. The molecule has 6 nitrogen and oxygen atoms in total. The van der Waals surface area contributed by atoms with Gasteiger partial charge in [-0.05, 0) is 25.1 Å². The molecule has 0 atom stereocenters. The summed E-state index contributed by atoms with van der Waals surface area (Å²) >= 11 is 0. The van der Waals surface area contributed by atoms with Crippen molar-refractivity contribution in [3.05, 3.63) is 77.2 Å². The second-order valence-electron chi connectivity index (χ2n) is 6.10. The lowest BCUT2D eigenvalue weighted by Crippen LogP contribution is -2.24. The molecule has 0 spiro atoms. The van der Waals surface area contributed by atoms with E-state index in [0.717, 1.165) is 22.3 Å². The van der Waals surface area contributed by atoms with E-state index in [1.165, 1.54) is 4.68 Å². The van der Waals surface area contributed by atoms with Gasteiger partial charge in [0, 0.05) is 24.4 Å². The van der Waals surface area contributed by atoms with Crippen molar-refractivity contribution in [2.45, 2.75) is 13.5 Å². The largest absolute Gasteiger partial charge is 0.380 e. The minimum Gasteiger partial charge on any atom is -0.380 e. The molecule has 0 radical (unpaired) electrons. The first-order chi connectivity index (χ1) is 13.3. The molecule has 0 N–H and O–H groups in total. The molecule has 3 aromatic heterocycles. The summed E-state index contributed by atoms with van der Waals surface area (Å²) in [5, 5.41) is 9.35. The van der Waals surface area contributed by atoms with E-state index in [0.29, 0.717) is 25.5 Å². The topological polar surface area (TPSA) is 61.4 Å². The normalized spacial score (nSPS) is 11.1. The fourth-order valence-corrected chi connectivity index (χ4v) is 3.09. The third-order valence-corrected chi connectivity index (χ3v) is 4.36. The predicted octanol–water partition coefficient (Wildman–Crippen LogP) is 3.26. The van der Waals surface area contributed by atoms with Gasteiger partial charge in [0.1, 0.15) is 5.69 Å². The maximum absolute atomic E-state index is 12.2. The third-order valence-electron chi connectivity index (χ3n) is 4.36. The minimum atomic E-state index is -0.142. The molecule has 1 aromatic carbocycles. The highest BCUT2D eigenvalue weighted by molar-refractivity contribution is 5.90. The second-order valence-corrected chi connectivity index (χ2v) is 6.10. The zero-order valence-electron chi connectivity index (χ0n) is 15.1. The third kappa shape index (κ3) is 3.39. The lowest BCUT2D eigenvalue weighted by atomic mass is 10.0. The molecule has 4 rings (SSSR count). The zero-order chi connectivity index (χ0) is 18.6. The first kappa shape index (κ1) is 17.2. The Balaban J connectivity index is 1.88. The molecular formula is C21H20N4O2. The Morgan fingerprint density at radius 1 is 0.963 bits per heavy atom. The summed E-state index contributed by atoms with van der Waals surface area (Å²) in [5.74, 6) is 0. The maximum Gasteiger partial charge on any atom is 0.266 e. The Bertz CT molecular complexity index is 1120. The number of fused-ring (bicyclic) bond motifs is 1. The Kier molecular flexibility index (Phi) is 4.80. The summed E-state index contributed by atoms with van der Waals surface area (Å²) in [7, 11) is 0. The van der Waals surface area contributed by atoms with E-state index in [-0.39, 0.29) is 5.56 Å². The van der Waals surface area contributed by atoms with Crippen LogP contribution in [0.1, 0.15) is 6.92 Å². The fourth-order valence-electron chi connectivity index (χ4n) is 3.09. The molecular weight excluding hydrogens is 340 g/mol. The van der Waals surface area contributed by atoms with Crippen LogP contribution >= 0.6 is 0 Å². The van der Waals surface area contributed by atoms with Gasteiger partial charge in [0.15, 0.2) is 0 Å². The zero-order valence-corrected chi connectivity index (χ0v) is 15.1. The van der Waals surface area contributed by atoms with Crippen LogP contribution in [0.3, 0.4) is 0 Å². The van der Waals surface area contributed by atoms with Crippen LogP contribution < -0.4 is 5.56 Å². The van der Waals surface area contributed by atoms with Gasteiger partial charge >= 0.3 is 0 Å². The van der Waals surface area contributed by atoms with E-state index in [2.05, 4.69) is 5.10 Å². The van der Waals surface area contributed by atoms with Gasteiger partial charge < -0.3 is 4.74 Å². The first-order valence-corrected chi connectivity index (χ1v) is 8.97. The number of pyridine rings is 1. The molecule has 0 amide bonds. The van der Waals surface area contributed by atoms with Crippen LogP contribution in [0, 0.1) is 0 Å². The summed E-state index contributed by atoms with van der Waals surface area (Å²) in [6.45, 7) is 3.41. The smallest absolute Gasteiger partial charge is 0.266 e. The molecule has 4 aromatic rings. The number of rotatable bonds is 6. The van der Waals surface area contributed by atoms with Gasteiger partial charge in [0.2, 0.25) is 0 Å². The highest BCUT2D eigenvalue weighted by Gasteiger charge is 2.18. The molecule has 0 aliphatic carbocycles. The van der Waals surface area contributed by atoms with Crippen molar-refractivity contribution in [2.24, 2.45) is 0 Å². The summed E-state index contributed by atoms with van der Waals surface area (Å²) < 4.78 is 8.66. The average Bonchev–Trinajstić information content (AvgIpc) is 3.10. The predicted molar refractivity (Wildman–Crippen MR) is 105 cm³/mol. The number of ether oxygens (including phenoxy) is 1. The van der Waals surface area contributed by atoms with Crippen LogP contribution in [0.15, 0.2) is 71.7 Å².